The molecule has 1 aromatic carbocycles. The Balaban J connectivity index is 1.63. The molecule has 1 amide bonds. The summed E-state index contributed by atoms with van der Waals surface area (Å²) in [4.78, 5) is 15.1. The van der Waals surface area contributed by atoms with Crippen molar-refractivity contribution in [2.75, 3.05) is 7.05 Å². The summed E-state index contributed by atoms with van der Waals surface area (Å²) in [6.45, 7) is 0.0402. The number of aliphatic hydroxyl groups is 1. The van der Waals surface area contributed by atoms with Crippen molar-refractivity contribution in [2.24, 2.45) is 0 Å². The van der Waals surface area contributed by atoms with Gasteiger partial charge in [0.2, 0.25) is 5.91 Å². The highest BCUT2D eigenvalue weighted by molar-refractivity contribution is 7.11. The van der Waals surface area contributed by atoms with Gasteiger partial charge >= 0.3 is 0 Å². The van der Waals surface area contributed by atoms with Crippen LogP contribution in [0.25, 0.3) is 6.08 Å². The van der Waals surface area contributed by atoms with Crippen molar-refractivity contribution in [3.05, 3.63) is 63.4 Å². The van der Waals surface area contributed by atoms with Crippen molar-refractivity contribution < 1.29 is 9.90 Å². The molecule has 0 radical (unpaired) electrons. The Morgan fingerprint density at radius 2 is 2.05 bits per heavy atom. The summed E-state index contributed by atoms with van der Waals surface area (Å²) in [5.74, 6) is 0.0248. The van der Waals surface area contributed by atoms with E-state index in [1.165, 1.54) is 22.5 Å². The molecule has 3 rings (SSSR count). The minimum Gasteiger partial charge on any atom is -0.392 e. The first kappa shape index (κ1) is 15.0. The molecule has 0 fully saturated rings. The largest absolute Gasteiger partial charge is 0.392 e. The van der Waals surface area contributed by atoms with Gasteiger partial charge in [0, 0.05) is 24.0 Å². The van der Waals surface area contributed by atoms with Gasteiger partial charge in [-0.3, -0.25) is 4.79 Å². The lowest BCUT2D eigenvalue weighted by Crippen LogP contribution is -2.36. The molecule has 22 heavy (non-hydrogen) atoms. The van der Waals surface area contributed by atoms with Crippen LogP contribution in [0.4, 0.5) is 0 Å². The maximum absolute atomic E-state index is 12.3. The van der Waals surface area contributed by atoms with Crippen molar-refractivity contribution in [2.45, 2.75) is 25.5 Å². The topological polar surface area (TPSA) is 40.5 Å². The lowest BCUT2D eigenvalue weighted by molar-refractivity contribution is -0.126. The molecule has 0 spiro atoms. The molecule has 4 heteroatoms. The number of amides is 1. The summed E-state index contributed by atoms with van der Waals surface area (Å²) < 4.78 is 0. The van der Waals surface area contributed by atoms with E-state index in [9.17, 15) is 4.79 Å². The van der Waals surface area contributed by atoms with Gasteiger partial charge in [0.25, 0.3) is 0 Å². The second kappa shape index (κ2) is 6.46. The smallest absolute Gasteiger partial charge is 0.246 e. The van der Waals surface area contributed by atoms with Crippen molar-refractivity contribution in [1.29, 1.82) is 0 Å². The molecule has 1 heterocycles. The van der Waals surface area contributed by atoms with E-state index >= 15 is 0 Å². The fourth-order valence-corrected chi connectivity index (χ4v) is 3.62. The van der Waals surface area contributed by atoms with Crippen molar-refractivity contribution in [3.63, 3.8) is 0 Å². The molecule has 0 bridgehead atoms. The second-order valence-corrected chi connectivity index (χ2v) is 6.57. The summed E-state index contributed by atoms with van der Waals surface area (Å²) in [6, 6.07) is 10.5. The fourth-order valence-electron chi connectivity index (χ4n) is 2.83. The van der Waals surface area contributed by atoms with E-state index in [1.54, 1.807) is 6.08 Å². The molecular weight excluding hydrogens is 294 g/mol. The number of carbonyl (C=O) groups excluding carboxylic acids is 1. The molecule has 0 aliphatic heterocycles. The van der Waals surface area contributed by atoms with Gasteiger partial charge in [-0.25, -0.2) is 0 Å². The van der Waals surface area contributed by atoms with Gasteiger partial charge in [0.05, 0.1) is 6.61 Å². The first-order chi connectivity index (χ1) is 10.7. The lowest BCUT2D eigenvalue weighted by Gasteiger charge is -2.22. The standard InChI is InChI=1S/C18H19NO2S/c1-19(16-9-14-4-2-3-5-15(14)10-16)18(21)7-6-17-8-13(11-20)12-22-17/h2-8,12,16,20H,9-11H2,1H3/b7-6+. The lowest BCUT2D eigenvalue weighted by atomic mass is 10.1. The number of aliphatic hydroxyl groups excluding tert-OH is 1. The Bertz CT molecular complexity index is 680. The van der Waals surface area contributed by atoms with E-state index in [0.29, 0.717) is 0 Å². The number of rotatable bonds is 4. The quantitative estimate of drug-likeness (QED) is 0.882. The van der Waals surface area contributed by atoms with Gasteiger partial charge in [0.15, 0.2) is 0 Å². The van der Waals surface area contributed by atoms with Crippen molar-refractivity contribution in [3.8, 4) is 0 Å². The number of benzene rings is 1. The Hall–Kier alpha value is -1.91. The van der Waals surface area contributed by atoms with Gasteiger partial charge in [0.1, 0.15) is 0 Å². The highest BCUT2D eigenvalue weighted by Gasteiger charge is 2.26. The van der Waals surface area contributed by atoms with E-state index in [2.05, 4.69) is 24.3 Å². The Morgan fingerprint density at radius 1 is 1.36 bits per heavy atom. The minimum atomic E-state index is 0.0248. The van der Waals surface area contributed by atoms with E-state index in [-0.39, 0.29) is 18.6 Å². The molecule has 1 aromatic heterocycles. The van der Waals surface area contributed by atoms with Gasteiger partial charge in [-0.05, 0) is 47.1 Å². The molecule has 2 aromatic rings. The molecule has 0 atom stereocenters. The van der Waals surface area contributed by atoms with Crippen LogP contribution >= 0.6 is 11.3 Å². The Labute approximate surface area is 134 Å². The predicted octanol–water partition coefficient (Wildman–Crippen LogP) is 2.88. The Kier molecular flexibility index (Phi) is 4.41. The summed E-state index contributed by atoms with van der Waals surface area (Å²) in [5.41, 5.74) is 3.58. The van der Waals surface area contributed by atoms with Crippen LogP contribution in [0.3, 0.4) is 0 Å². The van der Waals surface area contributed by atoms with E-state index in [0.717, 1.165) is 23.3 Å². The van der Waals surface area contributed by atoms with Crippen LogP contribution in [-0.4, -0.2) is 29.0 Å². The predicted molar refractivity (Wildman–Crippen MR) is 89.7 cm³/mol. The van der Waals surface area contributed by atoms with Crippen LogP contribution in [0.2, 0.25) is 0 Å². The monoisotopic (exact) mass is 313 g/mol. The first-order valence-corrected chi connectivity index (χ1v) is 8.25. The van der Waals surface area contributed by atoms with Crippen LogP contribution in [0.1, 0.15) is 21.6 Å². The van der Waals surface area contributed by atoms with Gasteiger partial charge < -0.3 is 10.0 Å². The molecular formula is C18H19NO2S. The van der Waals surface area contributed by atoms with Crippen LogP contribution in [-0.2, 0) is 24.2 Å². The van der Waals surface area contributed by atoms with Crippen LogP contribution in [0.5, 0.6) is 0 Å². The molecule has 0 unspecified atom stereocenters. The zero-order valence-corrected chi connectivity index (χ0v) is 13.3. The molecule has 3 nitrogen and oxygen atoms in total. The molecule has 1 aliphatic rings. The number of hydrogen-bond donors (Lipinski definition) is 1. The number of hydrogen-bond acceptors (Lipinski definition) is 3. The van der Waals surface area contributed by atoms with Crippen molar-refractivity contribution >= 4 is 23.3 Å². The summed E-state index contributed by atoms with van der Waals surface area (Å²) in [6.07, 6.45) is 5.31. The Morgan fingerprint density at radius 3 is 2.64 bits per heavy atom. The SMILES string of the molecule is CN(C(=O)/C=C/c1cc(CO)cs1)C1Cc2ccccc2C1. The van der Waals surface area contributed by atoms with Crippen LogP contribution < -0.4 is 0 Å². The number of carbonyl (C=O) groups is 1. The third-order valence-electron chi connectivity index (χ3n) is 4.17. The molecule has 1 N–H and O–H groups in total. The van der Waals surface area contributed by atoms with Crippen molar-refractivity contribution in [1.82, 2.24) is 4.90 Å². The maximum Gasteiger partial charge on any atom is 0.246 e. The molecule has 114 valence electrons. The highest BCUT2D eigenvalue weighted by Crippen LogP contribution is 2.25. The van der Waals surface area contributed by atoms with E-state index in [1.807, 2.05) is 29.5 Å². The van der Waals surface area contributed by atoms with Crippen LogP contribution in [0.15, 0.2) is 41.8 Å². The minimum absolute atomic E-state index is 0.0248. The fraction of sp³-hybridized carbons (Fsp3) is 0.278. The number of fused-ring (bicyclic) bond motifs is 1. The normalized spacial score (nSPS) is 14.5. The highest BCUT2D eigenvalue weighted by atomic mass is 32.1. The maximum atomic E-state index is 12.3. The summed E-state index contributed by atoms with van der Waals surface area (Å²) in [5, 5.41) is 11.0. The second-order valence-electron chi connectivity index (χ2n) is 5.63. The zero-order chi connectivity index (χ0) is 15.5. The van der Waals surface area contributed by atoms with E-state index in [4.69, 9.17) is 5.11 Å². The third-order valence-corrected chi connectivity index (χ3v) is 5.12. The average Bonchev–Trinajstić information content (AvgIpc) is 3.17. The number of thiophene rings is 1. The van der Waals surface area contributed by atoms with E-state index < -0.39 is 0 Å². The van der Waals surface area contributed by atoms with Gasteiger partial charge in [-0.2, -0.15) is 0 Å². The number of likely N-dealkylation sites (N-methyl/N-ethyl adjacent to an activating group) is 1. The first-order valence-electron chi connectivity index (χ1n) is 7.37. The molecule has 0 saturated carbocycles. The number of nitrogens with zero attached hydrogens (tertiary/aromatic N) is 1. The van der Waals surface area contributed by atoms with Gasteiger partial charge in [-0.1, -0.05) is 24.3 Å². The molecule has 1 aliphatic carbocycles. The van der Waals surface area contributed by atoms with Crippen LogP contribution in [0, 0.1) is 0 Å². The average molecular weight is 313 g/mol. The summed E-state index contributed by atoms with van der Waals surface area (Å²) >= 11 is 1.53. The van der Waals surface area contributed by atoms with Gasteiger partial charge in [-0.15, -0.1) is 11.3 Å². The molecule has 0 saturated heterocycles. The third kappa shape index (κ3) is 3.13. The summed E-state index contributed by atoms with van der Waals surface area (Å²) in [7, 11) is 1.87. The zero-order valence-electron chi connectivity index (χ0n) is 12.5.